The normalized spacial score (nSPS) is 14.5. The first kappa shape index (κ1) is 24.1. The van der Waals surface area contributed by atoms with Gasteiger partial charge in [-0.1, -0.05) is 77.8 Å². The summed E-state index contributed by atoms with van der Waals surface area (Å²) < 4.78 is 20.1. The molecule has 2 rings (SSSR count). The van der Waals surface area contributed by atoms with E-state index in [1.165, 1.54) is 6.07 Å². The predicted molar refractivity (Wildman–Crippen MR) is 124 cm³/mol. The van der Waals surface area contributed by atoms with Gasteiger partial charge in [0.15, 0.2) is 5.76 Å². The van der Waals surface area contributed by atoms with Crippen molar-refractivity contribution in [2.45, 2.75) is 61.3 Å². The maximum Gasteiger partial charge on any atom is 0.200 e. The molecule has 0 unspecified atom stereocenters. The Hall–Kier alpha value is -2.13. The summed E-state index contributed by atoms with van der Waals surface area (Å²) >= 11 is 5.84. The zero-order chi connectivity index (χ0) is 22.6. The Morgan fingerprint density at radius 2 is 1.90 bits per heavy atom. The molecule has 0 radical (unpaired) electrons. The summed E-state index contributed by atoms with van der Waals surface area (Å²) in [5.41, 5.74) is 3.05. The second-order valence-corrected chi connectivity index (χ2v) is 9.43. The van der Waals surface area contributed by atoms with Crippen molar-refractivity contribution in [1.82, 2.24) is 0 Å². The highest BCUT2D eigenvalue weighted by molar-refractivity contribution is 6.30. The summed E-state index contributed by atoms with van der Waals surface area (Å²) in [7, 11) is 0. The molecule has 1 heterocycles. The third-order valence-corrected chi connectivity index (χ3v) is 5.28. The number of halogens is 2. The second kappa shape index (κ2) is 9.78. The Labute approximate surface area is 184 Å². The first-order valence-corrected chi connectivity index (χ1v) is 10.9. The van der Waals surface area contributed by atoms with Gasteiger partial charge in [-0.2, -0.15) is 0 Å². The summed E-state index contributed by atoms with van der Waals surface area (Å²) in [6, 6.07) is 6.66. The van der Waals surface area contributed by atoms with Gasteiger partial charge in [0.05, 0.1) is 5.02 Å². The number of carbonyl (C=O) groups is 1. The minimum Gasteiger partial charge on any atom is -0.453 e. The Morgan fingerprint density at radius 3 is 2.43 bits per heavy atom. The summed E-state index contributed by atoms with van der Waals surface area (Å²) in [6.45, 7) is 14.1. The number of rotatable bonds is 6. The summed E-state index contributed by atoms with van der Waals surface area (Å²) in [5, 5.41) is 1.03. The maximum absolute atomic E-state index is 14.0. The van der Waals surface area contributed by atoms with Crippen molar-refractivity contribution in [3.8, 4) is 0 Å². The Morgan fingerprint density at radius 1 is 1.23 bits per heavy atom. The van der Waals surface area contributed by atoms with E-state index in [2.05, 4.69) is 33.8 Å². The van der Waals surface area contributed by atoms with Gasteiger partial charge in [0.1, 0.15) is 11.2 Å². The molecule has 0 aliphatic heterocycles. The van der Waals surface area contributed by atoms with Crippen molar-refractivity contribution < 1.29 is 13.6 Å². The van der Waals surface area contributed by atoms with Crippen LogP contribution < -0.4 is 10.6 Å². The van der Waals surface area contributed by atoms with Gasteiger partial charge in [-0.3, -0.25) is 4.79 Å². The number of hydrogen-bond donors (Lipinski definition) is 0. The standard InChI is InChI=1S/C26H32ClFO2/c1-8-9-10-19-15-23(24(29)16(2)3)30-25(19)20(26(5,6)7)13-17(4)18-11-12-21(27)22(28)14-18/h10-16H,8-9H2,1-7H3/b17-13+,19-10+,25-20-. The van der Waals surface area contributed by atoms with Crippen LogP contribution in [-0.4, -0.2) is 5.78 Å². The van der Waals surface area contributed by atoms with Crippen molar-refractivity contribution in [2.24, 2.45) is 11.3 Å². The Balaban J connectivity index is 2.82. The Bertz CT molecular complexity index is 1070. The minimum atomic E-state index is -0.445. The van der Waals surface area contributed by atoms with Gasteiger partial charge in [0, 0.05) is 16.7 Å². The zero-order valence-corrected chi connectivity index (χ0v) is 19.8. The number of allylic oxidation sites excluding steroid dienone is 2. The molecule has 0 spiro atoms. The van der Waals surface area contributed by atoms with E-state index in [-0.39, 0.29) is 22.1 Å². The van der Waals surface area contributed by atoms with Crippen LogP contribution in [0.1, 0.15) is 77.4 Å². The number of furan rings is 1. The topological polar surface area (TPSA) is 30.2 Å². The molecular weight excluding hydrogens is 399 g/mol. The van der Waals surface area contributed by atoms with Crippen molar-refractivity contribution in [3.63, 3.8) is 0 Å². The number of benzene rings is 1. The molecule has 1 aromatic heterocycles. The van der Waals surface area contributed by atoms with E-state index in [1.807, 2.05) is 32.9 Å². The van der Waals surface area contributed by atoms with Gasteiger partial charge in [-0.25, -0.2) is 4.39 Å². The number of hydrogen-bond acceptors (Lipinski definition) is 2. The Kier molecular flexibility index (Phi) is 7.87. The number of carbonyl (C=O) groups excluding carboxylic acids is 1. The van der Waals surface area contributed by atoms with Crippen molar-refractivity contribution in [2.75, 3.05) is 0 Å². The average Bonchev–Trinajstić information content (AvgIpc) is 3.08. The maximum atomic E-state index is 14.0. The molecule has 30 heavy (non-hydrogen) atoms. The van der Waals surface area contributed by atoms with E-state index in [4.69, 9.17) is 16.0 Å². The molecule has 0 saturated carbocycles. The molecule has 0 fully saturated rings. The lowest BCUT2D eigenvalue weighted by atomic mass is 9.84. The third kappa shape index (κ3) is 5.72. The third-order valence-electron chi connectivity index (χ3n) is 4.97. The zero-order valence-electron chi connectivity index (χ0n) is 19.0. The average molecular weight is 431 g/mol. The lowest BCUT2D eigenvalue weighted by Crippen LogP contribution is -2.27. The molecule has 1 aromatic carbocycles. The second-order valence-electron chi connectivity index (χ2n) is 9.03. The molecule has 0 aliphatic carbocycles. The largest absolute Gasteiger partial charge is 0.453 e. The first-order chi connectivity index (χ1) is 14.0. The van der Waals surface area contributed by atoms with Gasteiger partial charge in [-0.05, 0) is 48.1 Å². The van der Waals surface area contributed by atoms with E-state index >= 15 is 0 Å². The SMILES string of the molecule is CCC\C=c1/cc(C(=O)C(C)C)o/c1=C(/C=C(\C)c1ccc(Cl)c(F)c1)C(C)(C)C. The van der Waals surface area contributed by atoms with Crippen LogP contribution in [-0.2, 0) is 0 Å². The van der Waals surface area contributed by atoms with Crippen LogP contribution >= 0.6 is 11.6 Å². The van der Waals surface area contributed by atoms with Crippen molar-refractivity contribution >= 4 is 34.6 Å². The monoisotopic (exact) mass is 430 g/mol. The van der Waals surface area contributed by atoms with Crippen molar-refractivity contribution in [3.05, 3.63) is 63.1 Å². The van der Waals surface area contributed by atoms with E-state index in [9.17, 15) is 9.18 Å². The van der Waals surface area contributed by atoms with Crippen LogP contribution in [0.4, 0.5) is 4.39 Å². The summed E-state index contributed by atoms with van der Waals surface area (Å²) in [4.78, 5) is 12.6. The smallest absolute Gasteiger partial charge is 0.200 e. The number of ketones is 1. The minimum absolute atomic E-state index is 0.0128. The van der Waals surface area contributed by atoms with Gasteiger partial charge in [-0.15, -0.1) is 0 Å². The van der Waals surface area contributed by atoms with Crippen LogP contribution in [0.5, 0.6) is 0 Å². The molecule has 0 aliphatic rings. The van der Waals surface area contributed by atoms with Gasteiger partial charge in [0.25, 0.3) is 0 Å². The van der Waals surface area contributed by atoms with Gasteiger partial charge < -0.3 is 4.42 Å². The fourth-order valence-electron chi connectivity index (χ4n) is 3.14. The molecule has 0 N–H and O–H groups in total. The predicted octanol–water partition coefficient (Wildman–Crippen LogP) is 6.79. The first-order valence-electron chi connectivity index (χ1n) is 10.5. The highest BCUT2D eigenvalue weighted by atomic mass is 35.5. The quantitative estimate of drug-likeness (QED) is 0.472. The fourth-order valence-corrected chi connectivity index (χ4v) is 3.25. The van der Waals surface area contributed by atoms with Crippen LogP contribution in [0.15, 0.2) is 34.8 Å². The molecule has 162 valence electrons. The van der Waals surface area contributed by atoms with Crippen molar-refractivity contribution in [1.29, 1.82) is 0 Å². The number of Topliss-reactive ketones (excluding diaryl/α,β-unsaturated/α-hetero) is 1. The number of unbranched alkanes of at least 4 members (excludes halogenated alkanes) is 1. The fraction of sp³-hybridized carbons (Fsp3) is 0.423. The molecule has 2 aromatic rings. The molecule has 0 bridgehead atoms. The molecule has 0 atom stereocenters. The molecule has 0 amide bonds. The van der Waals surface area contributed by atoms with Gasteiger partial charge in [0.2, 0.25) is 5.78 Å². The van der Waals surface area contributed by atoms with E-state index in [1.54, 1.807) is 12.1 Å². The van der Waals surface area contributed by atoms with E-state index in [0.717, 1.165) is 34.8 Å². The highest BCUT2D eigenvalue weighted by Gasteiger charge is 2.21. The van der Waals surface area contributed by atoms with Crippen LogP contribution in [0.3, 0.4) is 0 Å². The molecule has 0 saturated heterocycles. The summed E-state index contributed by atoms with van der Waals surface area (Å²) in [6.07, 6.45) is 6.04. The van der Waals surface area contributed by atoms with E-state index in [0.29, 0.717) is 11.2 Å². The highest BCUT2D eigenvalue weighted by Crippen LogP contribution is 2.30. The van der Waals surface area contributed by atoms with Crippen LogP contribution in [0, 0.1) is 17.2 Å². The lowest BCUT2D eigenvalue weighted by Gasteiger charge is -2.20. The van der Waals surface area contributed by atoms with E-state index < -0.39 is 5.82 Å². The lowest BCUT2D eigenvalue weighted by molar-refractivity contribution is 0.0909. The van der Waals surface area contributed by atoms with Crippen LogP contribution in [0.25, 0.3) is 17.2 Å². The summed E-state index contributed by atoms with van der Waals surface area (Å²) in [5.74, 6) is -0.219. The van der Waals surface area contributed by atoms with Crippen LogP contribution in [0.2, 0.25) is 5.02 Å². The molecular formula is C26H32ClFO2. The van der Waals surface area contributed by atoms with Gasteiger partial charge >= 0.3 is 0 Å². The molecule has 4 heteroatoms. The molecule has 2 nitrogen and oxygen atoms in total.